The molecule has 0 aliphatic heterocycles. The Morgan fingerprint density at radius 2 is 2.00 bits per heavy atom. The van der Waals surface area contributed by atoms with Crippen molar-refractivity contribution in [2.24, 2.45) is 5.73 Å². The van der Waals surface area contributed by atoms with Crippen LogP contribution in [0.5, 0.6) is 0 Å². The maximum atomic E-state index is 6.50. The first kappa shape index (κ1) is 13.8. The zero-order valence-corrected chi connectivity index (χ0v) is 12.3. The van der Waals surface area contributed by atoms with E-state index in [1.807, 2.05) is 10.9 Å². The van der Waals surface area contributed by atoms with Gasteiger partial charge in [0, 0.05) is 18.3 Å². The summed E-state index contributed by atoms with van der Waals surface area (Å²) in [5.41, 5.74) is 11.1. The highest BCUT2D eigenvalue weighted by atomic mass is 15.3. The molecule has 1 aromatic heterocycles. The van der Waals surface area contributed by atoms with E-state index in [0.29, 0.717) is 0 Å². The molecule has 0 bridgehead atoms. The number of aryl methyl sites for hydroxylation is 3. The molecule has 2 N–H and O–H groups in total. The molecule has 0 saturated carbocycles. The molecule has 0 aliphatic rings. The number of nitrogens with zero attached hydrogens (tertiary/aromatic N) is 2. The van der Waals surface area contributed by atoms with Crippen molar-refractivity contribution in [2.45, 2.75) is 46.2 Å². The van der Waals surface area contributed by atoms with Crippen molar-refractivity contribution in [3.05, 3.63) is 52.8 Å². The number of rotatable bonds is 4. The summed E-state index contributed by atoms with van der Waals surface area (Å²) in [5.74, 6) is 0. The van der Waals surface area contributed by atoms with Crippen molar-refractivity contribution in [1.29, 1.82) is 0 Å². The second-order valence-electron chi connectivity index (χ2n) is 5.60. The summed E-state index contributed by atoms with van der Waals surface area (Å²) in [4.78, 5) is 0. The van der Waals surface area contributed by atoms with Crippen LogP contribution in [0.25, 0.3) is 0 Å². The van der Waals surface area contributed by atoms with Gasteiger partial charge >= 0.3 is 0 Å². The standard InChI is InChI=1S/C16H23N3/c1-5-19-11-14(10-18-19)9-16(4,17)15-7-6-12(2)13(3)8-15/h6-8,10-11H,5,9,17H2,1-4H3. The molecule has 3 heteroatoms. The smallest absolute Gasteiger partial charge is 0.0522 e. The normalized spacial score (nSPS) is 14.4. The van der Waals surface area contributed by atoms with Gasteiger partial charge in [0.2, 0.25) is 0 Å². The lowest BCUT2D eigenvalue weighted by Crippen LogP contribution is -2.35. The number of aromatic nitrogens is 2. The molecule has 1 unspecified atom stereocenters. The van der Waals surface area contributed by atoms with E-state index in [0.717, 1.165) is 13.0 Å². The Labute approximate surface area is 115 Å². The average Bonchev–Trinajstić information content (AvgIpc) is 2.79. The zero-order chi connectivity index (χ0) is 14.0. The summed E-state index contributed by atoms with van der Waals surface area (Å²) in [7, 11) is 0. The molecule has 0 radical (unpaired) electrons. The van der Waals surface area contributed by atoms with Gasteiger partial charge in [-0.1, -0.05) is 18.2 Å². The van der Waals surface area contributed by atoms with Gasteiger partial charge in [-0.25, -0.2) is 0 Å². The van der Waals surface area contributed by atoms with Gasteiger partial charge in [-0.05, 0) is 56.4 Å². The van der Waals surface area contributed by atoms with Gasteiger partial charge in [0.1, 0.15) is 0 Å². The molecule has 1 atom stereocenters. The number of hydrogen-bond acceptors (Lipinski definition) is 2. The molecule has 0 spiro atoms. The molecule has 3 nitrogen and oxygen atoms in total. The monoisotopic (exact) mass is 257 g/mol. The lowest BCUT2D eigenvalue weighted by atomic mass is 9.86. The number of nitrogens with two attached hydrogens (primary N) is 1. The molecule has 2 aromatic rings. The van der Waals surface area contributed by atoms with E-state index in [9.17, 15) is 0 Å². The van der Waals surface area contributed by atoms with Crippen molar-refractivity contribution in [2.75, 3.05) is 0 Å². The fourth-order valence-corrected chi connectivity index (χ4v) is 2.29. The largest absolute Gasteiger partial charge is 0.321 e. The minimum absolute atomic E-state index is 0.361. The minimum atomic E-state index is -0.361. The summed E-state index contributed by atoms with van der Waals surface area (Å²) in [6, 6.07) is 6.47. The van der Waals surface area contributed by atoms with Gasteiger partial charge in [0.25, 0.3) is 0 Å². The Morgan fingerprint density at radius 3 is 2.58 bits per heavy atom. The second-order valence-corrected chi connectivity index (χ2v) is 5.60. The molecule has 0 fully saturated rings. The van der Waals surface area contributed by atoms with Crippen molar-refractivity contribution in [1.82, 2.24) is 9.78 Å². The first-order valence-electron chi connectivity index (χ1n) is 6.80. The summed E-state index contributed by atoms with van der Waals surface area (Å²) in [6.45, 7) is 9.31. The van der Waals surface area contributed by atoms with E-state index in [2.05, 4.69) is 57.2 Å². The van der Waals surface area contributed by atoms with Crippen molar-refractivity contribution in [3.8, 4) is 0 Å². The van der Waals surface area contributed by atoms with E-state index in [1.54, 1.807) is 0 Å². The van der Waals surface area contributed by atoms with Crippen molar-refractivity contribution >= 4 is 0 Å². The van der Waals surface area contributed by atoms with Crippen LogP contribution in [0.4, 0.5) is 0 Å². The maximum Gasteiger partial charge on any atom is 0.0522 e. The first-order chi connectivity index (χ1) is 8.92. The maximum absolute atomic E-state index is 6.50. The Bertz CT molecular complexity index is 567. The summed E-state index contributed by atoms with van der Waals surface area (Å²) in [5, 5.41) is 4.31. The Kier molecular flexibility index (Phi) is 3.76. The summed E-state index contributed by atoms with van der Waals surface area (Å²) < 4.78 is 1.94. The third-order valence-electron chi connectivity index (χ3n) is 3.75. The molecule has 2 rings (SSSR count). The fourth-order valence-electron chi connectivity index (χ4n) is 2.29. The Balaban J connectivity index is 2.23. The van der Waals surface area contributed by atoms with Crippen LogP contribution >= 0.6 is 0 Å². The minimum Gasteiger partial charge on any atom is -0.321 e. The van der Waals surface area contributed by atoms with Crippen LogP contribution in [0.2, 0.25) is 0 Å². The number of hydrogen-bond donors (Lipinski definition) is 1. The van der Waals surface area contributed by atoms with E-state index >= 15 is 0 Å². The van der Waals surface area contributed by atoms with Gasteiger partial charge < -0.3 is 5.73 Å². The average molecular weight is 257 g/mol. The van der Waals surface area contributed by atoms with Crippen LogP contribution in [0.3, 0.4) is 0 Å². The van der Waals surface area contributed by atoms with Crippen molar-refractivity contribution in [3.63, 3.8) is 0 Å². The molecule has 1 heterocycles. The van der Waals surface area contributed by atoms with E-state index < -0.39 is 0 Å². The predicted octanol–water partition coefficient (Wildman–Crippen LogP) is 2.94. The van der Waals surface area contributed by atoms with Gasteiger partial charge in [-0.2, -0.15) is 5.10 Å². The Morgan fingerprint density at radius 1 is 1.26 bits per heavy atom. The molecule has 19 heavy (non-hydrogen) atoms. The second kappa shape index (κ2) is 5.17. The third kappa shape index (κ3) is 3.04. The molecule has 0 saturated heterocycles. The molecule has 1 aromatic carbocycles. The quantitative estimate of drug-likeness (QED) is 0.915. The highest BCUT2D eigenvalue weighted by molar-refractivity contribution is 5.34. The van der Waals surface area contributed by atoms with Crippen molar-refractivity contribution < 1.29 is 0 Å². The molecule has 0 amide bonds. The van der Waals surface area contributed by atoms with Gasteiger partial charge in [0.05, 0.1) is 6.20 Å². The predicted molar refractivity (Wildman–Crippen MR) is 79.1 cm³/mol. The third-order valence-corrected chi connectivity index (χ3v) is 3.75. The molecular weight excluding hydrogens is 234 g/mol. The summed E-state index contributed by atoms with van der Waals surface area (Å²) >= 11 is 0. The lowest BCUT2D eigenvalue weighted by molar-refractivity contribution is 0.490. The first-order valence-corrected chi connectivity index (χ1v) is 6.80. The van der Waals surface area contributed by atoms with Crippen LogP contribution in [0, 0.1) is 13.8 Å². The Hall–Kier alpha value is -1.61. The molecule has 102 valence electrons. The zero-order valence-electron chi connectivity index (χ0n) is 12.3. The highest BCUT2D eigenvalue weighted by Crippen LogP contribution is 2.24. The molecular formula is C16H23N3. The summed E-state index contributed by atoms with van der Waals surface area (Å²) in [6.07, 6.45) is 4.79. The van der Waals surface area contributed by atoms with Gasteiger partial charge in [0.15, 0.2) is 0 Å². The fraction of sp³-hybridized carbons (Fsp3) is 0.438. The van der Waals surface area contributed by atoms with Crippen LogP contribution in [-0.4, -0.2) is 9.78 Å². The number of benzene rings is 1. The van der Waals surface area contributed by atoms with Gasteiger partial charge in [-0.3, -0.25) is 4.68 Å². The van der Waals surface area contributed by atoms with E-state index in [4.69, 9.17) is 5.73 Å². The topological polar surface area (TPSA) is 43.8 Å². The van der Waals surface area contributed by atoms with E-state index in [1.165, 1.54) is 22.3 Å². The van der Waals surface area contributed by atoms with Crippen LogP contribution in [0.15, 0.2) is 30.6 Å². The lowest BCUT2D eigenvalue weighted by Gasteiger charge is -2.25. The highest BCUT2D eigenvalue weighted by Gasteiger charge is 2.22. The molecule has 0 aliphatic carbocycles. The van der Waals surface area contributed by atoms with Gasteiger partial charge in [-0.15, -0.1) is 0 Å². The SMILES string of the molecule is CCn1cc(CC(C)(N)c2ccc(C)c(C)c2)cn1. The van der Waals surface area contributed by atoms with Crippen LogP contribution in [-0.2, 0) is 18.5 Å². The van der Waals surface area contributed by atoms with Crippen LogP contribution < -0.4 is 5.73 Å². The van der Waals surface area contributed by atoms with Crippen LogP contribution in [0.1, 0.15) is 36.1 Å². The van der Waals surface area contributed by atoms with E-state index in [-0.39, 0.29) is 5.54 Å².